The normalized spacial score (nSPS) is 12.0. The Morgan fingerprint density at radius 3 is 2.52 bits per heavy atom. The molecule has 0 fully saturated rings. The molecule has 1 aromatic heterocycles. The van der Waals surface area contributed by atoms with Crippen LogP contribution in [0.5, 0.6) is 5.75 Å². The van der Waals surface area contributed by atoms with Gasteiger partial charge in [-0.25, -0.2) is 13.1 Å². The van der Waals surface area contributed by atoms with Gasteiger partial charge in [-0.1, -0.05) is 50.3 Å². The van der Waals surface area contributed by atoms with Gasteiger partial charge >= 0.3 is 0 Å². The minimum atomic E-state index is -3.80. The lowest BCUT2D eigenvalue weighted by molar-refractivity contribution is -0.123. The number of carbonyl (C=O) groups is 1. The summed E-state index contributed by atoms with van der Waals surface area (Å²) in [6.07, 6.45) is 0. The summed E-state index contributed by atoms with van der Waals surface area (Å²) in [5.41, 5.74) is -0.613. The van der Waals surface area contributed by atoms with Gasteiger partial charge in [-0.05, 0) is 12.1 Å². The van der Waals surface area contributed by atoms with Gasteiger partial charge in [0.2, 0.25) is 15.4 Å². The molecule has 0 atom stereocenters. The maximum absolute atomic E-state index is 12.2. The Bertz CT molecular complexity index is 814. The Hall–Kier alpha value is -2.04. The smallest absolute Gasteiger partial charge is 0.269 e. The summed E-state index contributed by atoms with van der Waals surface area (Å²) in [6.45, 7) is 5.50. The maximum atomic E-state index is 12.2. The fraction of sp³-hybridized carbons (Fsp3) is 0.400. The number of amides is 1. The van der Waals surface area contributed by atoms with Gasteiger partial charge in [0.15, 0.2) is 0 Å². The molecule has 25 heavy (non-hydrogen) atoms. The molecule has 136 valence electrons. The molecule has 0 aliphatic rings. The predicted octanol–water partition coefficient (Wildman–Crippen LogP) is 1.88. The van der Waals surface area contributed by atoms with Gasteiger partial charge in [-0.3, -0.25) is 4.79 Å². The number of rotatable bonds is 7. The van der Waals surface area contributed by atoms with Crippen LogP contribution in [0.25, 0.3) is 0 Å². The molecule has 1 amide bonds. The number of para-hydroxylation sites is 1. The van der Waals surface area contributed by atoms with E-state index >= 15 is 0 Å². The maximum Gasteiger partial charge on any atom is 0.269 e. The van der Waals surface area contributed by atoms with Gasteiger partial charge in [-0.15, -0.1) is 10.2 Å². The molecule has 0 bridgehead atoms. The van der Waals surface area contributed by atoms with Crippen molar-refractivity contribution in [2.75, 3.05) is 18.5 Å². The van der Waals surface area contributed by atoms with Crippen molar-refractivity contribution in [2.24, 2.45) is 5.41 Å². The summed E-state index contributed by atoms with van der Waals surface area (Å²) in [7, 11) is -3.80. The second kappa shape index (κ2) is 7.89. The lowest BCUT2D eigenvalue weighted by Gasteiger charge is -2.15. The first-order chi connectivity index (χ1) is 11.7. The number of nitrogens with one attached hydrogen (secondary N) is 2. The molecule has 10 heteroatoms. The number of carbonyl (C=O) groups excluding carboxylic acids is 1. The standard InChI is InChI=1S/C15H20N4O4S2/c1-15(2,3)12(20)17-13-18-19-14(24-13)25(21,22)16-9-10-23-11-7-5-4-6-8-11/h4-8,16H,9-10H2,1-3H3,(H,17,18,20). The average molecular weight is 384 g/mol. The van der Waals surface area contributed by atoms with Gasteiger partial charge in [0.25, 0.3) is 10.0 Å². The molecule has 0 saturated carbocycles. The number of nitrogens with zero attached hydrogens (tertiary/aromatic N) is 2. The summed E-state index contributed by atoms with van der Waals surface area (Å²) in [5, 5.41) is 10.0. The highest BCUT2D eigenvalue weighted by Crippen LogP contribution is 2.22. The van der Waals surface area contributed by atoms with E-state index in [4.69, 9.17) is 4.74 Å². The first-order valence-corrected chi connectivity index (χ1v) is 9.81. The highest BCUT2D eigenvalue weighted by Gasteiger charge is 2.25. The van der Waals surface area contributed by atoms with Crippen LogP contribution in [0.15, 0.2) is 34.7 Å². The molecule has 0 unspecified atom stereocenters. The van der Waals surface area contributed by atoms with Crippen LogP contribution in [0, 0.1) is 5.41 Å². The minimum absolute atomic E-state index is 0.0838. The van der Waals surface area contributed by atoms with Crippen LogP contribution in [0.2, 0.25) is 0 Å². The van der Waals surface area contributed by atoms with Crippen molar-refractivity contribution in [3.8, 4) is 5.75 Å². The summed E-state index contributed by atoms with van der Waals surface area (Å²) < 4.78 is 31.9. The van der Waals surface area contributed by atoms with E-state index in [0.29, 0.717) is 5.75 Å². The van der Waals surface area contributed by atoms with E-state index in [9.17, 15) is 13.2 Å². The van der Waals surface area contributed by atoms with Gasteiger partial charge < -0.3 is 10.1 Å². The molecule has 2 N–H and O–H groups in total. The Balaban J connectivity index is 1.88. The Labute approximate surface area is 150 Å². The van der Waals surface area contributed by atoms with Crippen molar-refractivity contribution < 1.29 is 17.9 Å². The number of anilines is 1. The van der Waals surface area contributed by atoms with Crippen molar-refractivity contribution >= 4 is 32.4 Å². The average Bonchev–Trinajstić information content (AvgIpc) is 3.01. The van der Waals surface area contributed by atoms with Crippen molar-refractivity contribution in [3.05, 3.63) is 30.3 Å². The van der Waals surface area contributed by atoms with E-state index in [-0.39, 0.29) is 28.5 Å². The van der Waals surface area contributed by atoms with Crippen LogP contribution in [0.3, 0.4) is 0 Å². The van der Waals surface area contributed by atoms with Crippen LogP contribution >= 0.6 is 11.3 Å². The van der Waals surface area contributed by atoms with Gasteiger partial charge in [0, 0.05) is 12.0 Å². The molecule has 2 rings (SSSR count). The van der Waals surface area contributed by atoms with Crippen molar-refractivity contribution in [3.63, 3.8) is 0 Å². The third kappa shape index (κ3) is 5.76. The predicted molar refractivity (Wildman–Crippen MR) is 95.1 cm³/mol. The topological polar surface area (TPSA) is 110 Å². The number of sulfonamides is 1. The first kappa shape index (κ1) is 19.3. The highest BCUT2D eigenvalue weighted by atomic mass is 32.2. The fourth-order valence-corrected chi connectivity index (χ4v) is 3.53. The molecule has 1 heterocycles. The lowest BCUT2D eigenvalue weighted by atomic mass is 9.96. The fourth-order valence-electron chi connectivity index (χ4n) is 1.58. The van der Waals surface area contributed by atoms with E-state index in [2.05, 4.69) is 20.2 Å². The molecule has 8 nitrogen and oxygen atoms in total. The molecule has 0 saturated heterocycles. The highest BCUT2D eigenvalue weighted by molar-refractivity contribution is 7.91. The second-order valence-corrected chi connectivity index (χ2v) is 9.05. The quantitative estimate of drug-likeness (QED) is 0.557. The minimum Gasteiger partial charge on any atom is -0.492 e. The molecule has 0 aliphatic carbocycles. The number of aromatic nitrogens is 2. The van der Waals surface area contributed by atoms with Gasteiger partial charge in [0.05, 0.1) is 0 Å². The van der Waals surface area contributed by atoms with Gasteiger partial charge in [-0.2, -0.15) is 0 Å². The Kier molecular flexibility index (Phi) is 6.09. The Morgan fingerprint density at radius 2 is 1.88 bits per heavy atom. The number of hydrogen-bond acceptors (Lipinski definition) is 7. The molecule has 0 radical (unpaired) electrons. The zero-order valence-electron chi connectivity index (χ0n) is 14.1. The molecule has 0 aliphatic heterocycles. The monoisotopic (exact) mass is 384 g/mol. The van der Waals surface area contributed by atoms with Crippen LogP contribution < -0.4 is 14.8 Å². The Morgan fingerprint density at radius 1 is 1.20 bits per heavy atom. The number of benzene rings is 1. The lowest BCUT2D eigenvalue weighted by Crippen LogP contribution is -2.28. The summed E-state index contributed by atoms with van der Waals surface area (Å²) in [4.78, 5) is 11.9. The van der Waals surface area contributed by atoms with Gasteiger partial charge in [0.1, 0.15) is 12.4 Å². The molecule has 2 aromatic rings. The van der Waals surface area contributed by atoms with Crippen molar-refractivity contribution in [1.29, 1.82) is 0 Å². The number of ether oxygens (including phenoxy) is 1. The van der Waals surface area contributed by atoms with Crippen LogP contribution in [0.4, 0.5) is 5.13 Å². The third-order valence-electron chi connectivity index (χ3n) is 2.94. The van der Waals surface area contributed by atoms with Crippen molar-refractivity contribution in [2.45, 2.75) is 25.1 Å². The van der Waals surface area contributed by atoms with E-state index in [1.807, 2.05) is 18.2 Å². The third-order valence-corrected chi connectivity index (χ3v) is 5.61. The van der Waals surface area contributed by atoms with Crippen LogP contribution in [-0.4, -0.2) is 37.7 Å². The molecule has 0 spiro atoms. The molecular weight excluding hydrogens is 364 g/mol. The largest absolute Gasteiger partial charge is 0.492 e. The summed E-state index contributed by atoms with van der Waals surface area (Å²) in [6, 6.07) is 9.08. The first-order valence-electron chi connectivity index (χ1n) is 7.51. The SMILES string of the molecule is CC(C)(C)C(=O)Nc1nnc(S(=O)(=O)NCCOc2ccccc2)s1. The van der Waals surface area contributed by atoms with E-state index in [0.717, 1.165) is 11.3 Å². The molecular formula is C15H20N4O4S2. The number of hydrogen-bond donors (Lipinski definition) is 2. The summed E-state index contributed by atoms with van der Waals surface area (Å²) >= 11 is 0.793. The van der Waals surface area contributed by atoms with Crippen molar-refractivity contribution in [1.82, 2.24) is 14.9 Å². The van der Waals surface area contributed by atoms with Crippen LogP contribution in [-0.2, 0) is 14.8 Å². The van der Waals surface area contributed by atoms with E-state index in [1.54, 1.807) is 32.9 Å². The molecule has 1 aromatic carbocycles. The van der Waals surface area contributed by atoms with E-state index in [1.165, 1.54) is 0 Å². The zero-order valence-corrected chi connectivity index (χ0v) is 15.8. The summed E-state index contributed by atoms with van der Waals surface area (Å²) in [5.74, 6) is 0.390. The second-order valence-electron chi connectivity index (χ2n) is 6.14. The zero-order chi connectivity index (χ0) is 18.5. The van der Waals surface area contributed by atoms with E-state index < -0.39 is 15.4 Å². The van der Waals surface area contributed by atoms with Crippen LogP contribution in [0.1, 0.15) is 20.8 Å².